The SMILES string of the molecule is CCCOc1nc(N)nc(N(C)C2CCCN(C)C2)n1. The van der Waals surface area contributed by atoms with Crippen molar-refractivity contribution in [2.45, 2.75) is 32.2 Å². The molecule has 0 bridgehead atoms. The summed E-state index contributed by atoms with van der Waals surface area (Å²) in [4.78, 5) is 17.0. The summed E-state index contributed by atoms with van der Waals surface area (Å²) in [7, 11) is 4.14. The molecule has 7 nitrogen and oxygen atoms in total. The molecule has 112 valence electrons. The van der Waals surface area contributed by atoms with E-state index in [0.717, 1.165) is 25.9 Å². The highest BCUT2D eigenvalue weighted by atomic mass is 16.5. The fourth-order valence-corrected chi connectivity index (χ4v) is 2.40. The molecule has 20 heavy (non-hydrogen) atoms. The van der Waals surface area contributed by atoms with Gasteiger partial charge in [0.2, 0.25) is 11.9 Å². The lowest BCUT2D eigenvalue weighted by molar-refractivity contribution is 0.246. The van der Waals surface area contributed by atoms with Crippen LogP contribution in [-0.2, 0) is 0 Å². The van der Waals surface area contributed by atoms with Crippen molar-refractivity contribution in [3.05, 3.63) is 0 Å². The fourth-order valence-electron chi connectivity index (χ4n) is 2.40. The summed E-state index contributed by atoms with van der Waals surface area (Å²) in [5.74, 6) is 0.793. The van der Waals surface area contributed by atoms with Gasteiger partial charge in [0, 0.05) is 19.6 Å². The van der Waals surface area contributed by atoms with E-state index in [4.69, 9.17) is 10.5 Å². The quantitative estimate of drug-likeness (QED) is 0.853. The third-order valence-corrected chi connectivity index (χ3v) is 3.52. The average Bonchev–Trinajstić information content (AvgIpc) is 2.43. The van der Waals surface area contributed by atoms with E-state index in [-0.39, 0.29) is 5.95 Å². The van der Waals surface area contributed by atoms with Gasteiger partial charge in [-0.25, -0.2) is 0 Å². The minimum Gasteiger partial charge on any atom is -0.463 e. The van der Waals surface area contributed by atoms with Crippen LogP contribution in [0.5, 0.6) is 6.01 Å². The molecule has 1 aromatic heterocycles. The molecule has 1 atom stereocenters. The van der Waals surface area contributed by atoms with Gasteiger partial charge >= 0.3 is 6.01 Å². The number of nitrogens with two attached hydrogens (primary N) is 1. The van der Waals surface area contributed by atoms with Crippen LogP contribution < -0.4 is 15.4 Å². The molecular formula is C13H24N6O. The van der Waals surface area contributed by atoms with E-state index in [1.54, 1.807) is 0 Å². The predicted molar refractivity (Wildman–Crippen MR) is 78.9 cm³/mol. The first kappa shape index (κ1) is 14.8. The molecule has 0 spiro atoms. The smallest absolute Gasteiger partial charge is 0.323 e. The molecule has 0 aromatic carbocycles. The van der Waals surface area contributed by atoms with Crippen molar-refractivity contribution >= 4 is 11.9 Å². The van der Waals surface area contributed by atoms with Crippen LogP contribution in [0.1, 0.15) is 26.2 Å². The highest BCUT2D eigenvalue weighted by Gasteiger charge is 2.23. The van der Waals surface area contributed by atoms with Gasteiger partial charge in [-0.3, -0.25) is 0 Å². The minimum absolute atomic E-state index is 0.206. The number of likely N-dealkylation sites (tertiary alicyclic amines) is 1. The van der Waals surface area contributed by atoms with Crippen molar-refractivity contribution in [1.82, 2.24) is 19.9 Å². The lowest BCUT2D eigenvalue weighted by atomic mass is 10.1. The molecule has 0 aliphatic carbocycles. The van der Waals surface area contributed by atoms with Gasteiger partial charge in [0.25, 0.3) is 0 Å². The van der Waals surface area contributed by atoms with Crippen molar-refractivity contribution in [1.29, 1.82) is 0 Å². The molecule has 0 amide bonds. The Labute approximate surface area is 120 Å². The van der Waals surface area contributed by atoms with Crippen molar-refractivity contribution in [3.63, 3.8) is 0 Å². The molecule has 1 aliphatic heterocycles. The van der Waals surface area contributed by atoms with Crippen LogP contribution in [0.25, 0.3) is 0 Å². The van der Waals surface area contributed by atoms with E-state index in [9.17, 15) is 0 Å². The van der Waals surface area contributed by atoms with E-state index >= 15 is 0 Å². The molecule has 1 fully saturated rings. The first-order chi connectivity index (χ1) is 9.60. The second-order valence-corrected chi connectivity index (χ2v) is 5.29. The monoisotopic (exact) mass is 280 g/mol. The lowest BCUT2D eigenvalue weighted by Crippen LogP contribution is -2.45. The molecule has 2 rings (SSSR count). The fraction of sp³-hybridized carbons (Fsp3) is 0.769. The van der Waals surface area contributed by atoms with E-state index in [1.165, 1.54) is 6.42 Å². The maximum absolute atomic E-state index is 5.75. The first-order valence-electron chi connectivity index (χ1n) is 7.16. The van der Waals surface area contributed by atoms with Gasteiger partial charge in [-0.2, -0.15) is 15.0 Å². The molecule has 1 aliphatic rings. The van der Waals surface area contributed by atoms with E-state index < -0.39 is 0 Å². The van der Waals surface area contributed by atoms with Crippen LogP contribution in [0.2, 0.25) is 0 Å². The molecule has 1 saturated heterocycles. The van der Waals surface area contributed by atoms with Crippen LogP contribution in [-0.4, -0.2) is 59.7 Å². The maximum Gasteiger partial charge on any atom is 0.323 e. The number of aromatic nitrogens is 3. The summed E-state index contributed by atoms with van der Waals surface area (Å²) in [5, 5.41) is 0. The zero-order chi connectivity index (χ0) is 14.5. The normalized spacial score (nSPS) is 19.9. The van der Waals surface area contributed by atoms with Crippen molar-refractivity contribution in [2.75, 3.05) is 44.4 Å². The van der Waals surface area contributed by atoms with Gasteiger partial charge in [0.1, 0.15) is 0 Å². The summed E-state index contributed by atoms with van der Waals surface area (Å²) < 4.78 is 5.46. The Hall–Kier alpha value is -1.63. The lowest BCUT2D eigenvalue weighted by Gasteiger charge is -2.35. The molecule has 2 N–H and O–H groups in total. The summed E-state index contributed by atoms with van der Waals surface area (Å²) in [6, 6.07) is 0.708. The number of piperidine rings is 1. The Kier molecular flexibility index (Phi) is 4.94. The average molecular weight is 280 g/mol. The van der Waals surface area contributed by atoms with E-state index in [0.29, 0.717) is 24.6 Å². The number of hydrogen-bond donors (Lipinski definition) is 1. The molecule has 1 unspecified atom stereocenters. The van der Waals surface area contributed by atoms with Gasteiger partial charge in [0.15, 0.2) is 0 Å². The Bertz CT molecular complexity index is 441. The maximum atomic E-state index is 5.75. The summed E-state index contributed by atoms with van der Waals surface area (Å²) in [5.41, 5.74) is 5.75. The summed E-state index contributed by atoms with van der Waals surface area (Å²) in [6.45, 7) is 4.77. The van der Waals surface area contributed by atoms with Crippen molar-refractivity contribution in [2.24, 2.45) is 0 Å². The topological polar surface area (TPSA) is 80.4 Å². The Morgan fingerprint density at radius 1 is 1.40 bits per heavy atom. The van der Waals surface area contributed by atoms with E-state index in [2.05, 4.69) is 31.8 Å². The number of rotatable bonds is 5. The largest absolute Gasteiger partial charge is 0.463 e. The van der Waals surface area contributed by atoms with E-state index in [1.807, 2.05) is 14.0 Å². The predicted octanol–water partition coefficient (Wildman–Crippen LogP) is 0.773. The number of anilines is 2. The zero-order valence-electron chi connectivity index (χ0n) is 12.5. The zero-order valence-corrected chi connectivity index (χ0v) is 12.5. The Morgan fingerprint density at radius 3 is 2.90 bits per heavy atom. The number of nitrogen functional groups attached to an aromatic ring is 1. The second kappa shape index (κ2) is 6.69. The molecule has 0 radical (unpaired) electrons. The van der Waals surface area contributed by atoms with Gasteiger partial charge in [0.05, 0.1) is 6.61 Å². The molecule has 2 heterocycles. The number of hydrogen-bond acceptors (Lipinski definition) is 7. The number of ether oxygens (including phenoxy) is 1. The third kappa shape index (κ3) is 3.69. The third-order valence-electron chi connectivity index (χ3n) is 3.52. The highest BCUT2D eigenvalue weighted by Crippen LogP contribution is 2.19. The molecule has 7 heteroatoms. The van der Waals surface area contributed by atoms with Crippen molar-refractivity contribution in [3.8, 4) is 6.01 Å². The van der Waals surface area contributed by atoms with Crippen molar-refractivity contribution < 1.29 is 4.74 Å². The van der Waals surface area contributed by atoms with Crippen LogP contribution in [0.4, 0.5) is 11.9 Å². The summed E-state index contributed by atoms with van der Waals surface area (Å²) in [6.07, 6.45) is 3.23. The Morgan fingerprint density at radius 2 is 2.20 bits per heavy atom. The van der Waals surface area contributed by atoms with Crippen LogP contribution in [0.3, 0.4) is 0 Å². The Balaban J connectivity index is 2.11. The van der Waals surface area contributed by atoms with Gasteiger partial charge < -0.3 is 20.3 Å². The second-order valence-electron chi connectivity index (χ2n) is 5.29. The molecule has 1 aromatic rings. The van der Waals surface area contributed by atoms with Crippen LogP contribution in [0.15, 0.2) is 0 Å². The van der Waals surface area contributed by atoms with Gasteiger partial charge in [-0.15, -0.1) is 0 Å². The molecule has 0 saturated carbocycles. The summed E-state index contributed by atoms with van der Waals surface area (Å²) >= 11 is 0. The molecular weight excluding hydrogens is 256 g/mol. The van der Waals surface area contributed by atoms with Crippen LogP contribution in [0, 0.1) is 0 Å². The van der Waals surface area contributed by atoms with Gasteiger partial charge in [-0.05, 0) is 32.9 Å². The standard InChI is InChI=1S/C13H24N6O/c1-4-8-20-13-16-11(14)15-12(17-13)19(3)10-6-5-7-18(2)9-10/h10H,4-9H2,1-3H3,(H2,14,15,16,17). The number of likely N-dealkylation sites (N-methyl/N-ethyl adjacent to an activating group) is 2. The minimum atomic E-state index is 0.206. The van der Waals surface area contributed by atoms with Gasteiger partial charge in [-0.1, -0.05) is 6.92 Å². The highest BCUT2D eigenvalue weighted by molar-refractivity contribution is 5.36. The van der Waals surface area contributed by atoms with Crippen LogP contribution >= 0.6 is 0 Å². The number of nitrogens with zero attached hydrogens (tertiary/aromatic N) is 5. The first-order valence-corrected chi connectivity index (χ1v) is 7.16.